The standard InChI is InChI=1S/C17H13N2/c1-19-11-14(13-7-3-5-9-17(13)19)16-10-12-6-2-4-8-15(12)18-16/h2-10,18H,1H3. The van der Waals surface area contributed by atoms with Crippen LogP contribution in [0.4, 0.5) is 0 Å². The molecule has 1 N–H and O–H groups in total. The molecular weight excluding hydrogens is 232 g/mol. The lowest BCUT2D eigenvalue weighted by Gasteiger charge is -1.94. The fraction of sp³-hybridized carbons (Fsp3) is 0.0588. The minimum atomic E-state index is 1.12. The molecule has 2 aromatic heterocycles. The summed E-state index contributed by atoms with van der Waals surface area (Å²) in [4.78, 5) is 3.47. The summed E-state index contributed by atoms with van der Waals surface area (Å²) < 4.78 is 2.05. The number of aromatic nitrogens is 2. The summed E-state index contributed by atoms with van der Waals surface area (Å²) in [7, 11) is 2.04. The molecule has 0 saturated heterocycles. The molecule has 2 heterocycles. The fourth-order valence-electron chi connectivity index (χ4n) is 2.68. The number of H-pyrrole nitrogens is 1. The maximum Gasteiger partial charge on any atom is 0.0758 e. The van der Waals surface area contributed by atoms with Crippen molar-refractivity contribution < 1.29 is 0 Å². The van der Waals surface area contributed by atoms with Gasteiger partial charge in [0, 0.05) is 40.1 Å². The van der Waals surface area contributed by atoms with Crippen LogP contribution in [0.2, 0.25) is 0 Å². The molecule has 91 valence electrons. The van der Waals surface area contributed by atoms with E-state index in [1.54, 1.807) is 0 Å². The van der Waals surface area contributed by atoms with E-state index < -0.39 is 0 Å². The van der Waals surface area contributed by atoms with Gasteiger partial charge in [-0.25, -0.2) is 0 Å². The van der Waals surface area contributed by atoms with Crippen molar-refractivity contribution in [2.45, 2.75) is 0 Å². The maximum absolute atomic E-state index is 3.47. The predicted octanol–water partition coefficient (Wildman–Crippen LogP) is 4.13. The van der Waals surface area contributed by atoms with Crippen LogP contribution in [0, 0.1) is 6.20 Å². The number of rotatable bonds is 1. The summed E-state index contributed by atoms with van der Waals surface area (Å²) in [5.74, 6) is 0. The number of aromatic amines is 1. The Morgan fingerprint density at radius 3 is 2.68 bits per heavy atom. The molecule has 2 aromatic carbocycles. The number of nitrogens with one attached hydrogen (secondary N) is 1. The van der Waals surface area contributed by atoms with Crippen molar-refractivity contribution in [3.05, 3.63) is 60.8 Å². The molecule has 0 bridgehead atoms. The first-order valence-electron chi connectivity index (χ1n) is 6.38. The van der Waals surface area contributed by atoms with Crippen LogP contribution in [0.3, 0.4) is 0 Å². The maximum atomic E-state index is 3.47. The number of fused-ring (bicyclic) bond motifs is 2. The average Bonchev–Trinajstić information content (AvgIpc) is 3.01. The van der Waals surface area contributed by atoms with Gasteiger partial charge >= 0.3 is 0 Å². The molecule has 0 amide bonds. The summed E-state index contributed by atoms with van der Waals surface area (Å²) in [5.41, 5.74) is 4.63. The van der Waals surface area contributed by atoms with Crippen molar-refractivity contribution in [1.29, 1.82) is 0 Å². The quantitative estimate of drug-likeness (QED) is 0.520. The van der Waals surface area contributed by atoms with Crippen molar-refractivity contribution in [2.24, 2.45) is 7.05 Å². The molecule has 0 spiro atoms. The Hall–Kier alpha value is -2.48. The molecule has 0 fully saturated rings. The normalized spacial score (nSPS) is 11.4. The van der Waals surface area contributed by atoms with Crippen LogP contribution in [0.25, 0.3) is 33.1 Å². The van der Waals surface area contributed by atoms with Crippen LogP contribution in [-0.2, 0) is 7.05 Å². The molecule has 4 rings (SSSR count). The number of hydrogen-bond acceptors (Lipinski definition) is 0. The molecule has 0 aliphatic rings. The number of benzene rings is 2. The van der Waals surface area contributed by atoms with E-state index in [9.17, 15) is 0 Å². The number of para-hydroxylation sites is 2. The Bertz CT molecular complexity index is 847. The lowest BCUT2D eigenvalue weighted by Crippen LogP contribution is -1.82. The van der Waals surface area contributed by atoms with Gasteiger partial charge in [0.15, 0.2) is 0 Å². The monoisotopic (exact) mass is 245 g/mol. The van der Waals surface area contributed by atoms with Crippen molar-refractivity contribution in [3.63, 3.8) is 0 Å². The van der Waals surface area contributed by atoms with Gasteiger partial charge in [0.1, 0.15) is 0 Å². The van der Waals surface area contributed by atoms with E-state index in [-0.39, 0.29) is 0 Å². The Kier molecular flexibility index (Phi) is 2.06. The van der Waals surface area contributed by atoms with E-state index >= 15 is 0 Å². The first-order chi connectivity index (χ1) is 9.33. The van der Waals surface area contributed by atoms with Crippen LogP contribution in [0.1, 0.15) is 0 Å². The SMILES string of the molecule is Cn1[c]c(-c2cc3ccccc3[nH]2)c2ccccc21. The molecule has 1 radical (unpaired) electrons. The summed E-state index contributed by atoms with van der Waals surface area (Å²) in [6.07, 6.45) is 3.42. The lowest BCUT2D eigenvalue weighted by molar-refractivity contribution is 0.960. The fourth-order valence-corrected chi connectivity index (χ4v) is 2.68. The van der Waals surface area contributed by atoms with Gasteiger partial charge in [-0.2, -0.15) is 0 Å². The second-order valence-corrected chi connectivity index (χ2v) is 4.83. The van der Waals surface area contributed by atoms with E-state index in [1.165, 1.54) is 21.8 Å². The molecular formula is C17H13N2. The number of aryl methyl sites for hydroxylation is 1. The van der Waals surface area contributed by atoms with Crippen molar-refractivity contribution >= 4 is 21.8 Å². The molecule has 0 atom stereocenters. The molecule has 4 aromatic rings. The average molecular weight is 245 g/mol. The highest BCUT2D eigenvalue weighted by molar-refractivity contribution is 5.97. The van der Waals surface area contributed by atoms with Crippen LogP contribution in [0.5, 0.6) is 0 Å². The molecule has 2 heteroatoms. The second kappa shape index (κ2) is 3.75. The number of nitrogens with zero attached hydrogens (tertiary/aromatic N) is 1. The molecule has 0 saturated carbocycles. The topological polar surface area (TPSA) is 20.7 Å². The smallest absolute Gasteiger partial charge is 0.0758 e. The van der Waals surface area contributed by atoms with Gasteiger partial charge in [-0.3, -0.25) is 0 Å². The predicted molar refractivity (Wildman–Crippen MR) is 79.0 cm³/mol. The highest BCUT2D eigenvalue weighted by Gasteiger charge is 2.10. The Morgan fingerprint density at radius 1 is 1.00 bits per heavy atom. The minimum absolute atomic E-state index is 1.12. The van der Waals surface area contributed by atoms with Crippen LogP contribution in [0.15, 0.2) is 54.6 Å². The van der Waals surface area contributed by atoms with Gasteiger partial charge in [0.25, 0.3) is 0 Å². The highest BCUT2D eigenvalue weighted by Crippen LogP contribution is 2.31. The minimum Gasteiger partial charge on any atom is -0.354 e. The van der Waals surface area contributed by atoms with E-state index in [0.29, 0.717) is 0 Å². The second-order valence-electron chi connectivity index (χ2n) is 4.83. The lowest BCUT2D eigenvalue weighted by atomic mass is 10.1. The van der Waals surface area contributed by atoms with Crippen LogP contribution >= 0.6 is 0 Å². The van der Waals surface area contributed by atoms with E-state index in [2.05, 4.69) is 70.3 Å². The van der Waals surface area contributed by atoms with Gasteiger partial charge in [-0.05, 0) is 18.2 Å². The largest absolute Gasteiger partial charge is 0.354 e. The van der Waals surface area contributed by atoms with Crippen LogP contribution in [-0.4, -0.2) is 9.55 Å². The van der Waals surface area contributed by atoms with Gasteiger partial charge in [-0.15, -0.1) is 0 Å². The van der Waals surface area contributed by atoms with Crippen molar-refractivity contribution in [3.8, 4) is 11.3 Å². The summed E-state index contributed by atoms with van der Waals surface area (Å²) in [5, 5.41) is 2.47. The molecule has 2 nitrogen and oxygen atoms in total. The zero-order valence-corrected chi connectivity index (χ0v) is 10.6. The molecule has 0 aliphatic heterocycles. The first-order valence-corrected chi connectivity index (χ1v) is 6.38. The van der Waals surface area contributed by atoms with E-state index in [1.807, 2.05) is 7.05 Å². The molecule has 0 unspecified atom stereocenters. The molecule has 0 aliphatic carbocycles. The third-order valence-electron chi connectivity index (χ3n) is 3.61. The highest BCUT2D eigenvalue weighted by atomic mass is 14.9. The van der Waals surface area contributed by atoms with Crippen molar-refractivity contribution in [2.75, 3.05) is 0 Å². The third-order valence-corrected chi connectivity index (χ3v) is 3.61. The van der Waals surface area contributed by atoms with Gasteiger partial charge in [-0.1, -0.05) is 36.4 Å². The first kappa shape index (κ1) is 10.4. The van der Waals surface area contributed by atoms with E-state index in [4.69, 9.17) is 0 Å². The van der Waals surface area contributed by atoms with Crippen LogP contribution < -0.4 is 0 Å². The zero-order valence-electron chi connectivity index (χ0n) is 10.6. The van der Waals surface area contributed by atoms with Gasteiger partial charge < -0.3 is 9.55 Å². The Morgan fingerprint density at radius 2 is 1.79 bits per heavy atom. The summed E-state index contributed by atoms with van der Waals surface area (Å²) >= 11 is 0. The van der Waals surface area contributed by atoms with Gasteiger partial charge in [0.2, 0.25) is 0 Å². The zero-order chi connectivity index (χ0) is 12.8. The Labute approximate surface area is 111 Å². The number of hydrogen-bond donors (Lipinski definition) is 1. The molecule has 19 heavy (non-hydrogen) atoms. The Balaban J connectivity index is 2.04. The summed E-state index contributed by atoms with van der Waals surface area (Å²) in [6, 6.07) is 18.9. The van der Waals surface area contributed by atoms with Crippen molar-refractivity contribution in [1.82, 2.24) is 9.55 Å². The van der Waals surface area contributed by atoms with Gasteiger partial charge in [0.05, 0.1) is 6.20 Å². The van der Waals surface area contributed by atoms with E-state index in [0.717, 1.165) is 11.3 Å². The third kappa shape index (κ3) is 1.50. The summed E-state index contributed by atoms with van der Waals surface area (Å²) in [6.45, 7) is 0.